The molecule has 0 fully saturated rings. The Bertz CT molecular complexity index is 1720. The van der Waals surface area contributed by atoms with Crippen molar-refractivity contribution in [3.05, 3.63) is 0 Å². The summed E-state index contributed by atoms with van der Waals surface area (Å²) in [6.45, 7) is 14.0. The average Bonchev–Trinajstić information content (AvgIpc) is 3.48. The second-order valence-electron chi connectivity index (χ2n) is 25.9. The van der Waals surface area contributed by atoms with Gasteiger partial charge in [-0.05, 0) is 49.4 Å². The molecule has 0 radical (unpaired) electrons. The maximum Gasteiger partial charge on any atom is 0.472 e. The quantitative estimate of drug-likeness (QED) is 0.0222. The Labute approximate surface area is 524 Å². The van der Waals surface area contributed by atoms with Gasteiger partial charge in [0.15, 0.2) is 12.2 Å². The van der Waals surface area contributed by atoms with Crippen molar-refractivity contribution in [2.75, 3.05) is 39.6 Å². The summed E-state index contributed by atoms with van der Waals surface area (Å²) in [5.74, 6) is 0.802. The van der Waals surface area contributed by atoms with Gasteiger partial charge < -0.3 is 33.8 Å². The molecule has 0 aliphatic heterocycles. The normalized spacial score (nSPS) is 14.7. The van der Waals surface area contributed by atoms with Crippen LogP contribution in [0.2, 0.25) is 0 Å². The third-order valence-electron chi connectivity index (χ3n) is 15.7. The number of ether oxygens (including phenoxy) is 4. The number of rotatable bonds is 64. The molecule has 0 bridgehead atoms. The van der Waals surface area contributed by atoms with E-state index in [9.17, 15) is 43.2 Å². The fourth-order valence-electron chi connectivity index (χ4n) is 9.93. The molecule has 0 heterocycles. The molecule has 0 aromatic heterocycles. The lowest BCUT2D eigenvalue weighted by molar-refractivity contribution is -0.161. The van der Waals surface area contributed by atoms with E-state index in [0.717, 1.165) is 120 Å². The average molecular weight is 1270 g/mol. The molecule has 0 aliphatic carbocycles. The highest BCUT2D eigenvalue weighted by Crippen LogP contribution is 2.45. The minimum absolute atomic E-state index is 0.104. The number of unbranched alkanes of at least 4 members (excludes halogenated alkanes) is 29. The molecule has 3 N–H and O–H groups in total. The molecule has 4 unspecified atom stereocenters. The summed E-state index contributed by atoms with van der Waals surface area (Å²) in [6, 6.07) is 0. The van der Waals surface area contributed by atoms with Crippen molar-refractivity contribution in [2.24, 2.45) is 23.7 Å². The molecule has 0 rings (SSSR count). The van der Waals surface area contributed by atoms with Crippen LogP contribution in [-0.2, 0) is 65.4 Å². The molecule has 0 saturated carbocycles. The first kappa shape index (κ1) is 84.1. The van der Waals surface area contributed by atoms with E-state index in [1.807, 2.05) is 0 Å². The van der Waals surface area contributed by atoms with Crippen LogP contribution in [0.15, 0.2) is 0 Å². The number of esters is 4. The van der Waals surface area contributed by atoms with Gasteiger partial charge in [0.25, 0.3) is 0 Å². The molecule has 0 spiro atoms. The van der Waals surface area contributed by atoms with Crippen LogP contribution in [0.3, 0.4) is 0 Å². The Morgan fingerprint density at radius 3 is 0.826 bits per heavy atom. The Kier molecular flexibility index (Phi) is 55.7. The molecular weight excluding hydrogens is 1140 g/mol. The number of carbonyl (C=O) groups excluding carboxylic acids is 4. The summed E-state index contributed by atoms with van der Waals surface area (Å²) in [5.41, 5.74) is 0. The van der Waals surface area contributed by atoms with Crippen LogP contribution in [0.25, 0.3) is 0 Å². The highest BCUT2D eigenvalue weighted by atomic mass is 31.2. The Morgan fingerprint density at radius 2 is 0.558 bits per heavy atom. The van der Waals surface area contributed by atoms with Crippen molar-refractivity contribution in [1.82, 2.24) is 0 Å². The fraction of sp³-hybridized carbons (Fsp3) is 0.940. The molecule has 510 valence electrons. The summed E-state index contributed by atoms with van der Waals surface area (Å²) >= 11 is 0. The van der Waals surface area contributed by atoms with Crippen LogP contribution >= 0.6 is 15.6 Å². The summed E-state index contributed by atoms with van der Waals surface area (Å²) in [7, 11) is -9.90. The van der Waals surface area contributed by atoms with E-state index in [1.165, 1.54) is 116 Å². The van der Waals surface area contributed by atoms with Gasteiger partial charge in [-0.1, -0.05) is 274 Å². The molecule has 86 heavy (non-hydrogen) atoms. The number of hydrogen-bond acceptors (Lipinski definition) is 15. The lowest BCUT2D eigenvalue weighted by Crippen LogP contribution is -2.30. The van der Waals surface area contributed by atoms with Crippen LogP contribution in [-0.4, -0.2) is 96.7 Å². The predicted octanol–water partition coefficient (Wildman–Crippen LogP) is 18.5. The van der Waals surface area contributed by atoms with E-state index in [-0.39, 0.29) is 25.7 Å². The second kappa shape index (κ2) is 57.0. The predicted molar refractivity (Wildman–Crippen MR) is 344 cm³/mol. The van der Waals surface area contributed by atoms with Crippen molar-refractivity contribution in [1.29, 1.82) is 0 Å². The molecule has 0 saturated heterocycles. The summed E-state index contributed by atoms with van der Waals surface area (Å²) in [5, 5.41) is 10.6. The first-order chi connectivity index (χ1) is 41.1. The van der Waals surface area contributed by atoms with Gasteiger partial charge in [-0.15, -0.1) is 0 Å². The maximum absolute atomic E-state index is 13.0. The largest absolute Gasteiger partial charge is 0.472 e. The Hall–Kier alpha value is -1.94. The lowest BCUT2D eigenvalue weighted by atomic mass is 10.00. The van der Waals surface area contributed by atoms with Crippen molar-refractivity contribution in [3.63, 3.8) is 0 Å². The second-order valence-corrected chi connectivity index (χ2v) is 28.8. The summed E-state index contributed by atoms with van der Waals surface area (Å²) < 4.78 is 68.1. The summed E-state index contributed by atoms with van der Waals surface area (Å²) in [6.07, 6.45) is 37.7. The van der Waals surface area contributed by atoms with Gasteiger partial charge in [0.2, 0.25) is 0 Å². The van der Waals surface area contributed by atoms with Crippen LogP contribution < -0.4 is 0 Å². The summed E-state index contributed by atoms with van der Waals surface area (Å²) in [4.78, 5) is 72.4. The third-order valence-corrected chi connectivity index (χ3v) is 17.6. The first-order valence-electron chi connectivity index (χ1n) is 34.7. The van der Waals surface area contributed by atoms with Crippen molar-refractivity contribution >= 4 is 39.5 Å². The van der Waals surface area contributed by atoms with Gasteiger partial charge in [-0.25, -0.2) is 9.13 Å². The zero-order valence-corrected chi connectivity index (χ0v) is 57.7. The molecule has 19 heteroatoms. The number of carbonyl (C=O) groups is 4. The molecule has 0 aromatic carbocycles. The minimum Gasteiger partial charge on any atom is -0.462 e. The van der Waals surface area contributed by atoms with Crippen LogP contribution in [0.1, 0.15) is 325 Å². The van der Waals surface area contributed by atoms with Gasteiger partial charge in [0.1, 0.15) is 19.3 Å². The SMILES string of the molecule is CCC(C)CCCCCCCCC(=O)OC[C@H](COP(=O)(O)OCC(O)COP(=O)(O)OC[C@@H](COC(=O)CCCCCCCCCC(C)C)OC(=O)CCCCCCCCCCCCCC(C)C)OC(=O)CCCCCCCCCCCC(C)C. The number of aliphatic hydroxyl groups is 1. The number of hydrogen-bond donors (Lipinski definition) is 3. The van der Waals surface area contributed by atoms with E-state index < -0.39 is 97.5 Å². The third kappa shape index (κ3) is 59.7. The fourth-order valence-corrected chi connectivity index (χ4v) is 11.5. The smallest absolute Gasteiger partial charge is 0.462 e. The Morgan fingerprint density at radius 1 is 0.326 bits per heavy atom. The highest BCUT2D eigenvalue weighted by molar-refractivity contribution is 7.47. The van der Waals surface area contributed by atoms with Gasteiger partial charge in [0.05, 0.1) is 26.4 Å². The standard InChI is InChI=1S/C67H130O17P2/c1-9-60(8)46-38-30-25-26-32-40-48-65(70)78-54-63(84-67(72)50-42-34-23-17-13-15-20-28-36-44-58(4)5)56-82-86(75,76)80-52-61(68)51-79-85(73,74)81-55-62(53-77-64(69)47-39-31-24-18-21-29-37-45-59(6)7)83-66(71)49-41-33-22-16-12-10-11-14-19-27-35-43-57(2)3/h57-63,68H,9-56H2,1-8H3,(H,73,74)(H,75,76)/t60?,61?,62-,63-/m1/s1. The molecular formula is C67H130O17P2. The van der Waals surface area contributed by atoms with Gasteiger partial charge in [0, 0.05) is 25.7 Å². The molecule has 0 aliphatic rings. The maximum atomic E-state index is 13.0. The van der Waals surface area contributed by atoms with Crippen LogP contribution in [0.5, 0.6) is 0 Å². The zero-order valence-electron chi connectivity index (χ0n) is 55.9. The van der Waals surface area contributed by atoms with Gasteiger partial charge in [-0.2, -0.15) is 0 Å². The van der Waals surface area contributed by atoms with E-state index in [2.05, 4.69) is 55.4 Å². The van der Waals surface area contributed by atoms with Gasteiger partial charge in [-0.3, -0.25) is 37.3 Å². The molecule has 17 nitrogen and oxygen atoms in total. The van der Waals surface area contributed by atoms with Crippen molar-refractivity contribution < 1.29 is 80.2 Å². The zero-order chi connectivity index (χ0) is 63.9. The first-order valence-corrected chi connectivity index (χ1v) is 37.7. The molecule has 0 aromatic rings. The van der Waals surface area contributed by atoms with Crippen molar-refractivity contribution in [3.8, 4) is 0 Å². The topological polar surface area (TPSA) is 237 Å². The van der Waals surface area contributed by atoms with Gasteiger partial charge >= 0.3 is 39.5 Å². The number of phosphoric ester groups is 2. The van der Waals surface area contributed by atoms with E-state index >= 15 is 0 Å². The molecule has 6 atom stereocenters. The van der Waals surface area contributed by atoms with Crippen molar-refractivity contribution in [2.45, 2.75) is 343 Å². The van der Waals surface area contributed by atoms with E-state index in [1.54, 1.807) is 0 Å². The number of aliphatic hydroxyl groups excluding tert-OH is 1. The van der Waals surface area contributed by atoms with E-state index in [4.69, 9.17) is 37.0 Å². The Balaban J connectivity index is 5.26. The highest BCUT2D eigenvalue weighted by Gasteiger charge is 2.30. The lowest BCUT2D eigenvalue weighted by Gasteiger charge is -2.21. The minimum atomic E-state index is -4.95. The molecule has 0 amide bonds. The van der Waals surface area contributed by atoms with Crippen LogP contribution in [0.4, 0.5) is 0 Å². The van der Waals surface area contributed by atoms with Crippen LogP contribution in [0, 0.1) is 23.7 Å². The monoisotopic (exact) mass is 1270 g/mol. The number of phosphoric acid groups is 2. The van der Waals surface area contributed by atoms with E-state index in [0.29, 0.717) is 31.6 Å².